The summed E-state index contributed by atoms with van der Waals surface area (Å²) in [4.78, 5) is 2.71. The van der Waals surface area contributed by atoms with Crippen LogP contribution in [0.5, 0.6) is 0 Å². The molecule has 3 aliphatic rings. The van der Waals surface area contributed by atoms with Gasteiger partial charge < -0.3 is 20.1 Å². The van der Waals surface area contributed by atoms with Gasteiger partial charge in [0.2, 0.25) is 0 Å². The van der Waals surface area contributed by atoms with E-state index >= 15 is 0 Å². The van der Waals surface area contributed by atoms with Crippen molar-refractivity contribution >= 4 is 5.82 Å². The molecule has 2 aromatic rings. The molecule has 6 nitrogen and oxygen atoms in total. The van der Waals surface area contributed by atoms with Crippen molar-refractivity contribution in [3.05, 3.63) is 42.0 Å². The van der Waals surface area contributed by atoms with E-state index in [9.17, 15) is 5.11 Å². The zero-order valence-corrected chi connectivity index (χ0v) is 19.3. The molecule has 3 atom stereocenters. The van der Waals surface area contributed by atoms with Crippen molar-refractivity contribution in [3.63, 3.8) is 0 Å². The van der Waals surface area contributed by atoms with Gasteiger partial charge in [-0.3, -0.25) is 0 Å². The molecule has 2 N–H and O–H groups in total. The Kier molecular flexibility index (Phi) is 6.19. The molecule has 0 spiro atoms. The van der Waals surface area contributed by atoms with E-state index < -0.39 is 5.60 Å². The fraction of sp³-hybridized carbons (Fsp3) is 0.615. The number of likely N-dealkylation sites (tertiary alicyclic amines) is 1. The molecule has 0 amide bonds. The lowest BCUT2D eigenvalue weighted by molar-refractivity contribution is 0.0545. The lowest BCUT2D eigenvalue weighted by Gasteiger charge is -2.27. The highest BCUT2D eigenvalue weighted by Gasteiger charge is 2.41. The number of hydrogen-bond acceptors (Lipinski definition) is 6. The highest BCUT2D eigenvalue weighted by Crippen LogP contribution is 2.39. The summed E-state index contributed by atoms with van der Waals surface area (Å²) in [6, 6.07) is 12.4. The molecule has 1 aliphatic carbocycles. The quantitative estimate of drug-likeness (QED) is 0.715. The summed E-state index contributed by atoms with van der Waals surface area (Å²) in [5, 5.41) is 22.8. The molecule has 1 saturated carbocycles. The summed E-state index contributed by atoms with van der Waals surface area (Å²) in [6.45, 7) is 9.25. The van der Waals surface area contributed by atoms with Crippen molar-refractivity contribution in [2.45, 2.75) is 51.2 Å². The second-order valence-electron chi connectivity index (χ2n) is 10.6. The third-order valence-electron chi connectivity index (χ3n) is 7.57. The number of hydrogen-bond donors (Lipinski definition) is 2. The maximum Gasteiger partial charge on any atom is 0.148 e. The first-order chi connectivity index (χ1) is 15.4. The fourth-order valence-corrected chi connectivity index (χ4v) is 5.79. The molecule has 3 heterocycles. The van der Waals surface area contributed by atoms with Gasteiger partial charge in [-0.25, -0.2) is 0 Å². The number of rotatable bonds is 6. The van der Waals surface area contributed by atoms with E-state index in [-0.39, 0.29) is 0 Å². The van der Waals surface area contributed by atoms with Crippen molar-refractivity contribution in [3.8, 4) is 11.3 Å². The van der Waals surface area contributed by atoms with Crippen LogP contribution in [0.15, 0.2) is 36.4 Å². The molecule has 2 aliphatic heterocycles. The van der Waals surface area contributed by atoms with Crippen LogP contribution >= 0.6 is 0 Å². The lowest BCUT2D eigenvalue weighted by atomic mass is 9.96. The largest absolute Gasteiger partial charge is 0.386 e. The Labute approximate surface area is 191 Å². The predicted molar refractivity (Wildman–Crippen MR) is 126 cm³/mol. The van der Waals surface area contributed by atoms with Crippen LogP contribution in [0.3, 0.4) is 0 Å². The highest BCUT2D eigenvalue weighted by molar-refractivity contribution is 5.61. The normalized spacial score (nSPS) is 26.9. The summed E-state index contributed by atoms with van der Waals surface area (Å²) < 4.78 is 5.51. The minimum Gasteiger partial charge on any atom is -0.386 e. The van der Waals surface area contributed by atoms with Gasteiger partial charge in [-0.15, -0.1) is 10.2 Å². The summed E-state index contributed by atoms with van der Waals surface area (Å²) in [5.74, 6) is 3.30. The van der Waals surface area contributed by atoms with Crippen molar-refractivity contribution in [1.82, 2.24) is 15.1 Å². The van der Waals surface area contributed by atoms with Crippen LogP contribution in [0.4, 0.5) is 5.82 Å². The molecule has 32 heavy (non-hydrogen) atoms. The average molecular weight is 437 g/mol. The molecule has 0 radical (unpaired) electrons. The smallest absolute Gasteiger partial charge is 0.148 e. The fourth-order valence-electron chi connectivity index (χ4n) is 5.79. The Balaban J connectivity index is 1.14. The van der Waals surface area contributed by atoms with Crippen LogP contribution in [0.1, 0.15) is 45.1 Å². The van der Waals surface area contributed by atoms with Crippen LogP contribution in [0, 0.1) is 17.8 Å². The Morgan fingerprint density at radius 2 is 1.81 bits per heavy atom. The first-order valence-electron chi connectivity index (χ1n) is 12.2. The van der Waals surface area contributed by atoms with Gasteiger partial charge in [0, 0.05) is 44.5 Å². The van der Waals surface area contributed by atoms with Gasteiger partial charge in [0.15, 0.2) is 0 Å². The molecule has 2 saturated heterocycles. The standard InChI is InChI=1S/C26H36N4O2/c1-26(2,31)22-5-3-4-19(12-22)24-6-7-25(29-28-24)27-23-13-20-16-30(17-21(20)14-23)15-18-8-10-32-11-9-18/h3-7,12,18,20-21,23,31H,8-11,13-17H2,1-2H3,(H,27,29)/t20-,21+,23?. The zero-order chi connectivity index (χ0) is 22.1. The molecule has 5 rings (SSSR count). The minimum absolute atomic E-state index is 0.494. The molecular weight excluding hydrogens is 400 g/mol. The van der Waals surface area contributed by atoms with Gasteiger partial charge in [0.25, 0.3) is 0 Å². The van der Waals surface area contributed by atoms with E-state index in [1.165, 1.54) is 45.3 Å². The number of aliphatic hydroxyl groups is 1. The minimum atomic E-state index is -0.869. The second kappa shape index (κ2) is 9.08. The number of anilines is 1. The number of nitrogens with one attached hydrogen (secondary N) is 1. The number of aromatic nitrogens is 2. The summed E-state index contributed by atoms with van der Waals surface area (Å²) in [5.41, 5.74) is 1.81. The van der Waals surface area contributed by atoms with Crippen LogP contribution in [-0.2, 0) is 10.3 Å². The number of fused-ring (bicyclic) bond motifs is 1. The topological polar surface area (TPSA) is 70.5 Å². The summed E-state index contributed by atoms with van der Waals surface area (Å²) in [6.07, 6.45) is 4.91. The van der Waals surface area contributed by atoms with Gasteiger partial charge in [0.1, 0.15) is 5.82 Å². The highest BCUT2D eigenvalue weighted by atomic mass is 16.5. The monoisotopic (exact) mass is 436 g/mol. The molecule has 172 valence electrons. The first kappa shape index (κ1) is 21.8. The van der Waals surface area contributed by atoms with E-state index in [0.29, 0.717) is 6.04 Å². The molecule has 1 unspecified atom stereocenters. The Bertz CT molecular complexity index is 891. The average Bonchev–Trinajstić information content (AvgIpc) is 3.32. The number of nitrogens with zero attached hydrogens (tertiary/aromatic N) is 3. The Hall–Kier alpha value is -2.02. The van der Waals surface area contributed by atoms with Crippen molar-refractivity contribution < 1.29 is 9.84 Å². The first-order valence-corrected chi connectivity index (χ1v) is 12.2. The van der Waals surface area contributed by atoms with Gasteiger partial charge in [-0.1, -0.05) is 18.2 Å². The van der Waals surface area contributed by atoms with Crippen molar-refractivity contribution in [1.29, 1.82) is 0 Å². The van der Waals surface area contributed by atoms with Crippen LogP contribution in [-0.4, -0.2) is 59.1 Å². The Morgan fingerprint density at radius 1 is 1.06 bits per heavy atom. The van der Waals surface area contributed by atoms with Gasteiger partial charge in [-0.2, -0.15) is 0 Å². The van der Waals surface area contributed by atoms with E-state index in [1.807, 2.05) is 36.4 Å². The maximum absolute atomic E-state index is 10.3. The Morgan fingerprint density at radius 3 is 2.47 bits per heavy atom. The second-order valence-corrected chi connectivity index (χ2v) is 10.6. The van der Waals surface area contributed by atoms with Crippen LogP contribution in [0.2, 0.25) is 0 Å². The molecule has 6 heteroatoms. The van der Waals surface area contributed by atoms with Crippen LogP contribution < -0.4 is 5.32 Å². The van der Waals surface area contributed by atoms with Gasteiger partial charge in [0.05, 0.1) is 11.3 Å². The van der Waals surface area contributed by atoms with E-state index in [4.69, 9.17) is 4.74 Å². The molecule has 3 fully saturated rings. The molecule has 0 bridgehead atoms. The maximum atomic E-state index is 10.3. The van der Waals surface area contributed by atoms with Gasteiger partial charge >= 0.3 is 0 Å². The van der Waals surface area contributed by atoms with Crippen molar-refractivity contribution in [2.75, 3.05) is 38.2 Å². The zero-order valence-electron chi connectivity index (χ0n) is 19.3. The van der Waals surface area contributed by atoms with Crippen LogP contribution in [0.25, 0.3) is 11.3 Å². The van der Waals surface area contributed by atoms with E-state index in [0.717, 1.165) is 53.6 Å². The van der Waals surface area contributed by atoms with E-state index in [1.54, 1.807) is 13.8 Å². The summed E-state index contributed by atoms with van der Waals surface area (Å²) >= 11 is 0. The lowest BCUT2D eigenvalue weighted by Crippen LogP contribution is -2.32. The van der Waals surface area contributed by atoms with Crippen molar-refractivity contribution in [2.24, 2.45) is 17.8 Å². The SMILES string of the molecule is CC(C)(O)c1cccc(-c2ccc(NC3C[C@@H]4CN(CC5CCOCC5)C[C@@H]4C3)nn2)c1. The molecule has 1 aromatic carbocycles. The molecular formula is C26H36N4O2. The number of benzene rings is 1. The third-order valence-corrected chi connectivity index (χ3v) is 7.57. The van der Waals surface area contributed by atoms with Gasteiger partial charge in [-0.05, 0) is 81.0 Å². The predicted octanol–water partition coefficient (Wildman–Crippen LogP) is 3.92. The van der Waals surface area contributed by atoms with E-state index in [2.05, 4.69) is 20.4 Å². The third kappa shape index (κ3) is 4.98. The number of ether oxygens (including phenoxy) is 1. The summed E-state index contributed by atoms with van der Waals surface area (Å²) in [7, 11) is 0. The molecule has 1 aromatic heterocycles.